The molecule has 0 aliphatic carbocycles. The Hall–Kier alpha value is 2.84. The molecule has 0 aromatic carbocycles. The van der Waals surface area contributed by atoms with Gasteiger partial charge in [-0.3, -0.25) is 0 Å². The van der Waals surface area contributed by atoms with E-state index in [1.54, 1.807) is 0 Å². The maximum absolute atomic E-state index is 7.33. The first-order chi connectivity index (χ1) is 2.00. The maximum atomic E-state index is 7.33. The van der Waals surface area contributed by atoms with E-state index in [9.17, 15) is 0 Å². The van der Waals surface area contributed by atoms with Crippen molar-refractivity contribution in [1.29, 1.82) is 0 Å². The summed E-state index contributed by atoms with van der Waals surface area (Å²) >= 11 is 0. The van der Waals surface area contributed by atoms with E-state index in [1.807, 2.05) is 0 Å². The van der Waals surface area contributed by atoms with E-state index in [-0.39, 0.29) is 84.4 Å². The quantitative estimate of drug-likeness (QED) is 0.310. The van der Waals surface area contributed by atoms with Crippen LogP contribution in [0.5, 0.6) is 0 Å². The number of hydrogen-bond donors (Lipinski definition) is 4. The van der Waals surface area contributed by atoms with Crippen molar-refractivity contribution >= 4 is 76.3 Å². The van der Waals surface area contributed by atoms with Crippen molar-refractivity contribution in [2.24, 2.45) is 0 Å². The van der Waals surface area contributed by atoms with Gasteiger partial charge in [-0.15, -0.1) is 0 Å². The summed E-state index contributed by atoms with van der Waals surface area (Å²) in [5, 5.41) is 0. The molecule has 0 aliphatic heterocycles. The predicted octanol–water partition coefficient (Wildman–Crippen LogP) is -4.18. The Kier molecular flexibility index (Phi) is 27.6. The molecule has 0 saturated carbocycles. The van der Waals surface area contributed by atoms with Gasteiger partial charge >= 0.3 is 76.3 Å². The van der Waals surface area contributed by atoms with Crippen LogP contribution in [0.3, 0.4) is 0 Å². The second kappa shape index (κ2) is 9.84. The monoisotopic (exact) mass is 217 g/mol. The number of rotatable bonds is 0. The third-order valence-electron chi connectivity index (χ3n) is 0. The molecule has 0 spiro atoms. The van der Waals surface area contributed by atoms with Gasteiger partial charge in [0.1, 0.15) is 0 Å². The third-order valence-corrected chi connectivity index (χ3v) is 0. The molecule has 1 radical (unpaired) electrons. The fourth-order valence-corrected chi connectivity index (χ4v) is 0. The summed E-state index contributed by atoms with van der Waals surface area (Å²) in [4.78, 5) is 29.3. The van der Waals surface area contributed by atoms with Crippen molar-refractivity contribution in [2.75, 3.05) is 0 Å². The molecule has 4 nitrogen and oxygen atoms in total. The zero-order chi connectivity index (χ0) is 4.50. The molecule has 0 saturated heterocycles. The van der Waals surface area contributed by atoms with E-state index in [4.69, 9.17) is 19.2 Å². The van der Waals surface area contributed by atoms with Gasteiger partial charge in [0, 0.05) is 17.1 Å². The van der Waals surface area contributed by atoms with Gasteiger partial charge in [0.05, 0.1) is 0 Å². The fourth-order valence-electron chi connectivity index (χ4n) is 0. The fraction of sp³-hybridized carbons (Fsp3) is 0. The average molecular weight is 217 g/mol. The van der Waals surface area contributed by atoms with Gasteiger partial charge in [-0.25, -0.2) is 0 Å². The standard InChI is InChI=1S/Ca.Mn.Na.H4O4Si.3H/c;;;1-5(2,3)4;;;/h;;;1-4H;;;. The molecule has 0 aliphatic rings. The van der Waals surface area contributed by atoms with Crippen molar-refractivity contribution in [3.8, 4) is 0 Å². The van der Waals surface area contributed by atoms with Gasteiger partial charge in [0.2, 0.25) is 0 Å². The molecule has 0 aromatic rings. The van der Waals surface area contributed by atoms with Crippen molar-refractivity contribution < 1.29 is 36.3 Å². The second-order valence-electron chi connectivity index (χ2n) is 0.600. The van der Waals surface area contributed by atoms with Gasteiger partial charge in [0.25, 0.3) is 0 Å². The summed E-state index contributed by atoms with van der Waals surface area (Å²) in [5.41, 5.74) is 0. The minimum absolute atomic E-state index is 0. The SMILES string of the molecule is O[Si](O)(O)O.[CaH2].[Mn].[NaH]. The van der Waals surface area contributed by atoms with Gasteiger partial charge < -0.3 is 19.2 Å². The van der Waals surface area contributed by atoms with E-state index in [1.165, 1.54) is 0 Å². The second-order valence-corrected chi connectivity index (χ2v) is 1.80. The summed E-state index contributed by atoms with van der Waals surface area (Å²) in [6.07, 6.45) is 0. The Balaban J connectivity index is -0.0000000267. The summed E-state index contributed by atoms with van der Waals surface area (Å²) in [7, 11) is -4.61. The molecular weight excluding hydrogens is 210 g/mol. The summed E-state index contributed by atoms with van der Waals surface area (Å²) < 4.78 is 0. The Morgan fingerprint density at radius 1 is 0.875 bits per heavy atom. The van der Waals surface area contributed by atoms with Gasteiger partial charge in [0.15, 0.2) is 0 Å². The van der Waals surface area contributed by atoms with Gasteiger partial charge in [-0.2, -0.15) is 0 Å². The van der Waals surface area contributed by atoms with Crippen LogP contribution < -0.4 is 0 Å². The molecule has 0 unspecified atom stereocenters. The van der Waals surface area contributed by atoms with E-state index < -0.39 is 9.05 Å². The summed E-state index contributed by atoms with van der Waals surface area (Å²) in [5.74, 6) is 0. The predicted molar refractivity (Wildman–Crippen MR) is 30.3 cm³/mol. The van der Waals surface area contributed by atoms with Crippen molar-refractivity contribution in [1.82, 2.24) is 0 Å². The molecule has 4 N–H and O–H groups in total. The van der Waals surface area contributed by atoms with E-state index in [0.717, 1.165) is 0 Å². The first kappa shape index (κ1) is 22.4. The first-order valence-electron chi connectivity index (χ1n) is 0.894. The zero-order valence-electron chi connectivity index (χ0n) is 2.67. The van der Waals surface area contributed by atoms with E-state index >= 15 is 0 Å². The molecule has 0 aromatic heterocycles. The van der Waals surface area contributed by atoms with Crippen LogP contribution in [-0.4, -0.2) is 95.5 Å². The Labute approximate surface area is 111 Å². The Morgan fingerprint density at radius 2 is 0.875 bits per heavy atom. The average Bonchev–Trinajstić information content (AvgIpc) is 0.722. The van der Waals surface area contributed by atoms with Crippen LogP contribution in [0.1, 0.15) is 0 Å². The third kappa shape index (κ3) is 67.5. The first-order valence-corrected chi connectivity index (χ1v) is 2.68. The molecule has 0 heterocycles. The zero-order valence-corrected chi connectivity index (χ0v) is 4.85. The van der Waals surface area contributed by atoms with Crippen molar-refractivity contribution in [2.45, 2.75) is 0 Å². The molecule has 8 heavy (non-hydrogen) atoms. The molecular formula is H7CaMnNaO4Si. The topological polar surface area (TPSA) is 80.9 Å². The number of hydrogen-bond acceptors (Lipinski definition) is 4. The molecule has 0 fully saturated rings. The van der Waals surface area contributed by atoms with Crippen LogP contribution in [0.2, 0.25) is 0 Å². The molecule has 8 heteroatoms. The van der Waals surface area contributed by atoms with Crippen LogP contribution in [0.15, 0.2) is 0 Å². The minimum atomic E-state index is -4.61. The normalized spacial score (nSPS) is 7.50. The molecule has 0 amide bonds. The Bertz CT molecular complexity index is 31.5. The van der Waals surface area contributed by atoms with Crippen molar-refractivity contribution in [3.63, 3.8) is 0 Å². The van der Waals surface area contributed by atoms with Crippen LogP contribution in [0.25, 0.3) is 0 Å². The van der Waals surface area contributed by atoms with E-state index in [2.05, 4.69) is 0 Å². The van der Waals surface area contributed by atoms with Crippen LogP contribution in [0, 0.1) is 0 Å². The van der Waals surface area contributed by atoms with Gasteiger partial charge in [-0.1, -0.05) is 0 Å². The van der Waals surface area contributed by atoms with Crippen LogP contribution in [0.4, 0.5) is 0 Å². The summed E-state index contributed by atoms with van der Waals surface area (Å²) in [6, 6.07) is 0. The van der Waals surface area contributed by atoms with Crippen molar-refractivity contribution in [3.05, 3.63) is 0 Å². The summed E-state index contributed by atoms with van der Waals surface area (Å²) in [6.45, 7) is 0. The van der Waals surface area contributed by atoms with Gasteiger partial charge in [-0.05, 0) is 0 Å². The van der Waals surface area contributed by atoms with Crippen LogP contribution >= 0.6 is 0 Å². The molecule has 0 bridgehead atoms. The van der Waals surface area contributed by atoms with E-state index in [0.29, 0.717) is 0 Å². The Morgan fingerprint density at radius 3 is 0.875 bits per heavy atom. The molecule has 45 valence electrons. The molecule has 0 atom stereocenters. The molecule has 0 rings (SSSR count). The van der Waals surface area contributed by atoms with Crippen LogP contribution in [-0.2, 0) is 17.1 Å².